The Labute approximate surface area is 200 Å². The first-order valence-corrected chi connectivity index (χ1v) is 12.4. The number of hydrogen-bond donors (Lipinski definition) is 3. The summed E-state index contributed by atoms with van der Waals surface area (Å²) < 4.78 is 8.22. The third-order valence-corrected chi connectivity index (χ3v) is 6.39. The van der Waals surface area contributed by atoms with Crippen LogP contribution in [0.5, 0.6) is 0 Å². The SMILES string of the molecule is CSNc1cccc(C(=O)OCC(=O)Nc2sc(-c3ccccc3)cc2C(=O)NC2CC2)c1. The van der Waals surface area contributed by atoms with E-state index in [1.165, 1.54) is 23.3 Å². The topological polar surface area (TPSA) is 96.5 Å². The van der Waals surface area contributed by atoms with Gasteiger partial charge in [0.25, 0.3) is 11.8 Å². The molecular weight excluding hydrogens is 458 g/mol. The number of anilines is 2. The lowest BCUT2D eigenvalue weighted by Crippen LogP contribution is -2.27. The van der Waals surface area contributed by atoms with Crippen LogP contribution in [0.15, 0.2) is 60.7 Å². The number of hydrogen-bond acceptors (Lipinski definition) is 7. The van der Waals surface area contributed by atoms with Crippen molar-refractivity contribution in [3.8, 4) is 10.4 Å². The summed E-state index contributed by atoms with van der Waals surface area (Å²) in [6.07, 6.45) is 3.81. The third-order valence-electron chi connectivity index (χ3n) is 4.85. The number of carbonyl (C=O) groups excluding carboxylic acids is 3. The van der Waals surface area contributed by atoms with Gasteiger partial charge in [-0.25, -0.2) is 4.79 Å². The van der Waals surface area contributed by atoms with Crippen LogP contribution in [0.4, 0.5) is 10.7 Å². The van der Waals surface area contributed by atoms with Gasteiger partial charge in [-0.1, -0.05) is 48.3 Å². The van der Waals surface area contributed by atoms with Gasteiger partial charge < -0.3 is 20.1 Å². The van der Waals surface area contributed by atoms with Crippen molar-refractivity contribution in [1.82, 2.24) is 5.32 Å². The number of amides is 2. The Morgan fingerprint density at radius 3 is 2.58 bits per heavy atom. The molecule has 1 aromatic heterocycles. The van der Waals surface area contributed by atoms with Gasteiger partial charge in [0, 0.05) is 22.9 Å². The first-order chi connectivity index (χ1) is 16.0. The van der Waals surface area contributed by atoms with Gasteiger partial charge in [0.15, 0.2) is 6.61 Å². The van der Waals surface area contributed by atoms with E-state index in [1.807, 2.05) is 42.7 Å². The van der Waals surface area contributed by atoms with Gasteiger partial charge in [0.1, 0.15) is 5.00 Å². The molecule has 1 saturated carbocycles. The number of thiophene rings is 1. The monoisotopic (exact) mass is 481 g/mol. The summed E-state index contributed by atoms with van der Waals surface area (Å²) in [7, 11) is 0. The molecule has 2 amide bonds. The van der Waals surface area contributed by atoms with Crippen LogP contribution in [0.1, 0.15) is 33.6 Å². The Hall–Kier alpha value is -3.30. The van der Waals surface area contributed by atoms with Gasteiger partial charge in [-0.2, -0.15) is 0 Å². The average Bonchev–Trinajstić information content (AvgIpc) is 3.54. The second kappa shape index (κ2) is 10.5. The smallest absolute Gasteiger partial charge is 0.338 e. The molecule has 0 bridgehead atoms. The van der Waals surface area contributed by atoms with Crippen LogP contribution in [-0.4, -0.2) is 36.7 Å². The second-order valence-electron chi connectivity index (χ2n) is 7.48. The molecule has 33 heavy (non-hydrogen) atoms. The molecule has 0 unspecified atom stereocenters. The van der Waals surface area contributed by atoms with Gasteiger partial charge in [-0.3, -0.25) is 9.59 Å². The van der Waals surface area contributed by atoms with E-state index >= 15 is 0 Å². The maximum Gasteiger partial charge on any atom is 0.338 e. The molecule has 2 aromatic carbocycles. The maximum atomic E-state index is 12.7. The summed E-state index contributed by atoms with van der Waals surface area (Å²) >= 11 is 2.72. The van der Waals surface area contributed by atoms with Crippen LogP contribution in [0, 0.1) is 0 Å². The van der Waals surface area contributed by atoms with Gasteiger partial charge in [-0.05, 0) is 42.7 Å². The zero-order chi connectivity index (χ0) is 23.2. The molecule has 0 radical (unpaired) electrons. The van der Waals surface area contributed by atoms with Crippen LogP contribution in [0.3, 0.4) is 0 Å². The summed E-state index contributed by atoms with van der Waals surface area (Å²) in [6, 6.07) is 18.5. The fourth-order valence-corrected chi connectivity index (χ4v) is 4.53. The van der Waals surface area contributed by atoms with Crippen molar-refractivity contribution in [3.63, 3.8) is 0 Å². The van der Waals surface area contributed by atoms with E-state index in [9.17, 15) is 14.4 Å². The van der Waals surface area contributed by atoms with Gasteiger partial charge in [0.2, 0.25) is 0 Å². The normalized spacial score (nSPS) is 12.6. The number of esters is 1. The highest BCUT2D eigenvalue weighted by atomic mass is 32.2. The molecule has 0 spiro atoms. The van der Waals surface area contributed by atoms with Gasteiger partial charge in [0.05, 0.1) is 11.1 Å². The average molecular weight is 482 g/mol. The van der Waals surface area contributed by atoms with E-state index in [2.05, 4.69) is 15.4 Å². The maximum absolute atomic E-state index is 12.7. The molecule has 3 N–H and O–H groups in total. The highest BCUT2D eigenvalue weighted by molar-refractivity contribution is 7.99. The Kier molecular flexibility index (Phi) is 7.31. The Morgan fingerprint density at radius 2 is 1.85 bits per heavy atom. The van der Waals surface area contributed by atoms with Crippen molar-refractivity contribution in [2.75, 3.05) is 22.9 Å². The number of nitrogens with one attached hydrogen (secondary N) is 3. The van der Waals surface area contributed by atoms with Crippen molar-refractivity contribution in [2.45, 2.75) is 18.9 Å². The number of ether oxygens (including phenoxy) is 1. The lowest BCUT2D eigenvalue weighted by molar-refractivity contribution is -0.119. The molecule has 1 aliphatic carbocycles. The molecule has 1 fully saturated rings. The van der Waals surface area contributed by atoms with Crippen LogP contribution in [-0.2, 0) is 9.53 Å². The quantitative estimate of drug-likeness (QED) is 0.300. The molecule has 0 saturated heterocycles. The summed E-state index contributed by atoms with van der Waals surface area (Å²) in [5.41, 5.74) is 2.46. The van der Waals surface area contributed by atoms with Gasteiger partial charge in [-0.15, -0.1) is 11.3 Å². The van der Waals surface area contributed by atoms with Crippen molar-refractivity contribution in [3.05, 3.63) is 71.8 Å². The van der Waals surface area contributed by atoms with Crippen molar-refractivity contribution >= 4 is 51.8 Å². The van der Waals surface area contributed by atoms with E-state index in [4.69, 9.17) is 4.74 Å². The largest absolute Gasteiger partial charge is 0.452 e. The number of rotatable bonds is 9. The van der Waals surface area contributed by atoms with Gasteiger partial charge >= 0.3 is 5.97 Å². The van der Waals surface area contributed by atoms with E-state index in [1.54, 1.807) is 24.3 Å². The molecular formula is C24H23N3O4S2. The van der Waals surface area contributed by atoms with Crippen molar-refractivity contribution in [2.24, 2.45) is 0 Å². The number of carbonyl (C=O) groups is 3. The Bertz CT molecular complexity index is 1160. The summed E-state index contributed by atoms with van der Waals surface area (Å²) in [5.74, 6) is -1.33. The van der Waals surface area contributed by atoms with Crippen LogP contribution in [0.25, 0.3) is 10.4 Å². The molecule has 170 valence electrons. The van der Waals surface area contributed by atoms with Crippen molar-refractivity contribution in [1.29, 1.82) is 0 Å². The lowest BCUT2D eigenvalue weighted by Gasteiger charge is -2.08. The minimum atomic E-state index is -0.599. The zero-order valence-electron chi connectivity index (χ0n) is 17.9. The Morgan fingerprint density at radius 1 is 1.06 bits per heavy atom. The van der Waals surface area contributed by atoms with E-state index in [0.717, 1.165) is 29.0 Å². The predicted octanol–water partition coefficient (Wildman–Crippen LogP) is 4.79. The van der Waals surface area contributed by atoms with Crippen LogP contribution >= 0.6 is 23.3 Å². The highest BCUT2D eigenvalue weighted by Crippen LogP contribution is 2.36. The zero-order valence-corrected chi connectivity index (χ0v) is 19.6. The summed E-state index contributed by atoms with van der Waals surface area (Å²) in [4.78, 5) is 38.5. The molecule has 4 rings (SSSR count). The standard InChI is InChI=1S/C24H23N3O4S2/c1-32-27-18-9-5-8-16(12-18)24(30)31-14-21(28)26-23-19(22(29)25-17-10-11-17)13-20(33-23)15-6-3-2-4-7-15/h2-9,12-13,17,27H,10-11,14H2,1H3,(H,25,29)(H,26,28). The van der Waals surface area contributed by atoms with Crippen LogP contribution < -0.4 is 15.4 Å². The first-order valence-electron chi connectivity index (χ1n) is 10.4. The summed E-state index contributed by atoms with van der Waals surface area (Å²) in [5, 5.41) is 6.13. The fraction of sp³-hybridized carbons (Fsp3) is 0.208. The van der Waals surface area contributed by atoms with E-state index in [-0.39, 0.29) is 11.9 Å². The Balaban J connectivity index is 1.44. The van der Waals surface area contributed by atoms with E-state index < -0.39 is 18.5 Å². The fourth-order valence-electron chi connectivity index (χ4n) is 3.09. The second-order valence-corrected chi connectivity index (χ2v) is 9.14. The summed E-state index contributed by atoms with van der Waals surface area (Å²) in [6.45, 7) is -0.457. The third kappa shape index (κ3) is 6.15. The predicted molar refractivity (Wildman–Crippen MR) is 133 cm³/mol. The molecule has 1 heterocycles. The van der Waals surface area contributed by atoms with E-state index in [0.29, 0.717) is 16.1 Å². The lowest BCUT2D eigenvalue weighted by atomic mass is 10.1. The highest BCUT2D eigenvalue weighted by Gasteiger charge is 2.26. The molecule has 0 aliphatic heterocycles. The first kappa shape index (κ1) is 22.9. The minimum Gasteiger partial charge on any atom is -0.452 e. The molecule has 3 aromatic rings. The molecule has 7 nitrogen and oxygen atoms in total. The molecule has 1 aliphatic rings. The number of benzene rings is 2. The van der Waals surface area contributed by atoms with Crippen molar-refractivity contribution < 1.29 is 19.1 Å². The minimum absolute atomic E-state index is 0.193. The molecule has 0 atom stereocenters. The molecule has 9 heteroatoms. The van der Waals surface area contributed by atoms with Crippen LogP contribution in [0.2, 0.25) is 0 Å².